The smallest absolute Gasteiger partial charge is 0.318 e. The van der Waals surface area contributed by atoms with Crippen LogP contribution in [0.3, 0.4) is 0 Å². The van der Waals surface area contributed by atoms with Crippen molar-refractivity contribution in [2.24, 2.45) is 10.3 Å². The molecule has 9 heteroatoms. The van der Waals surface area contributed by atoms with Crippen molar-refractivity contribution in [3.8, 4) is 0 Å². The highest BCUT2D eigenvalue weighted by molar-refractivity contribution is 6.47. The number of rotatable bonds is 9. The van der Waals surface area contributed by atoms with Gasteiger partial charge in [0.15, 0.2) is 0 Å². The summed E-state index contributed by atoms with van der Waals surface area (Å²) in [7, 11) is 0. The van der Waals surface area contributed by atoms with Crippen LogP contribution in [0.4, 0.5) is 17.1 Å². The second-order valence-electron chi connectivity index (χ2n) is 10.3. The lowest BCUT2D eigenvalue weighted by molar-refractivity contribution is -0.141. The summed E-state index contributed by atoms with van der Waals surface area (Å²) in [4.78, 5) is 60.3. The number of benzene rings is 5. The van der Waals surface area contributed by atoms with E-state index in [1.807, 2.05) is 89.8 Å². The molecule has 0 heterocycles. The van der Waals surface area contributed by atoms with E-state index in [4.69, 9.17) is 4.84 Å². The number of carbonyl (C=O) groups excluding carboxylic acids is 4. The van der Waals surface area contributed by atoms with E-state index in [0.717, 1.165) is 33.2 Å². The molecule has 45 heavy (non-hydrogen) atoms. The summed E-state index contributed by atoms with van der Waals surface area (Å²) in [6.45, 7) is 5.41. The summed E-state index contributed by atoms with van der Waals surface area (Å²) in [6, 6.07) is 32.2. The normalized spacial score (nSPS) is 11.7. The van der Waals surface area contributed by atoms with Crippen molar-refractivity contribution >= 4 is 73.5 Å². The Morgan fingerprint density at radius 2 is 1.07 bits per heavy atom. The summed E-state index contributed by atoms with van der Waals surface area (Å²) in [5.74, 6) is -1.98. The summed E-state index contributed by atoms with van der Waals surface area (Å²) >= 11 is 0. The standard InChI is InChI=1S/C36H29N3O6/c1-22(37-44-24(3)40)35(42)26-14-16-30(17-15-26)39(29-12-6-5-7-13-29)34-19-18-31(36(43)23(2)38-45-25(4)41)32-20-27-10-8-9-11-28(27)21-33(32)34/h5-21H,1-4H3/b37-22-,38-23-. The van der Waals surface area contributed by atoms with E-state index in [-0.39, 0.29) is 23.0 Å². The van der Waals surface area contributed by atoms with E-state index in [1.165, 1.54) is 27.7 Å². The molecule has 0 bridgehead atoms. The molecule has 0 saturated carbocycles. The zero-order valence-electron chi connectivity index (χ0n) is 25.1. The second-order valence-corrected chi connectivity index (χ2v) is 10.3. The summed E-state index contributed by atoms with van der Waals surface area (Å²) in [5, 5.41) is 10.8. The Morgan fingerprint density at radius 1 is 0.556 bits per heavy atom. The van der Waals surface area contributed by atoms with Gasteiger partial charge < -0.3 is 14.6 Å². The van der Waals surface area contributed by atoms with Crippen molar-refractivity contribution in [2.45, 2.75) is 27.7 Å². The van der Waals surface area contributed by atoms with Gasteiger partial charge in [0.25, 0.3) is 0 Å². The third-order valence-electron chi connectivity index (χ3n) is 7.03. The van der Waals surface area contributed by atoms with Crippen LogP contribution in [0.25, 0.3) is 21.5 Å². The van der Waals surface area contributed by atoms with Crippen LogP contribution in [-0.2, 0) is 19.3 Å². The van der Waals surface area contributed by atoms with Crippen LogP contribution < -0.4 is 4.90 Å². The highest BCUT2D eigenvalue weighted by Gasteiger charge is 2.22. The number of fused-ring (bicyclic) bond motifs is 2. The van der Waals surface area contributed by atoms with Crippen molar-refractivity contribution in [3.05, 3.63) is 114 Å². The molecule has 0 fully saturated rings. The minimum Gasteiger partial charge on any atom is -0.318 e. The molecule has 0 saturated heterocycles. The fourth-order valence-corrected chi connectivity index (χ4v) is 4.93. The molecule has 0 radical (unpaired) electrons. The molecule has 0 amide bonds. The van der Waals surface area contributed by atoms with Gasteiger partial charge in [-0.2, -0.15) is 0 Å². The summed E-state index contributed by atoms with van der Waals surface area (Å²) in [5.41, 5.74) is 3.27. The Labute approximate surface area is 259 Å². The number of ketones is 2. The minimum absolute atomic E-state index is 0.0418. The number of Topliss-reactive ketones (excluding diaryl/α,β-unsaturated/α-hetero) is 2. The summed E-state index contributed by atoms with van der Waals surface area (Å²) < 4.78 is 0. The minimum atomic E-state index is -0.619. The molecule has 0 atom stereocenters. The molecule has 5 aromatic carbocycles. The van der Waals surface area contributed by atoms with Gasteiger partial charge in [0, 0.05) is 41.7 Å². The predicted octanol–water partition coefficient (Wildman–Crippen LogP) is 7.71. The number of hydrogen-bond acceptors (Lipinski definition) is 9. The first-order valence-corrected chi connectivity index (χ1v) is 14.1. The molecule has 0 aromatic heterocycles. The number of oxime groups is 2. The highest BCUT2D eigenvalue weighted by atomic mass is 16.7. The van der Waals surface area contributed by atoms with Gasteiger partial charge in [-0.3, -0.25) is 9.59 Å². The maximum atomic E-state index is 13.6. The maximum Gasteiger partial charge on any atom is 0.331 e. The van der Waals surface area contributed by atoms with Crippen LogP contribution in [0, 0.1) is 0 Å². The van der Waals surface area contributed by atoms with Crippen molar-refractivity contribution in [2.75, 3.05) is 4.90 Å². The maximum absolute atomic E-state index is 13.6. The van der Waals surface area contributed by atoms with E-state index < -0.39 is 11.9 Å². The number of para-hydroxylation sites is 1. The largest absolute Gasteiger partial charge is 0.331 e. The van der Waals surface area contributed by atoms with Gasteiger partial charge in [-0.05, 0) is 90.7 Å². The predicted molar refractivity (Wildman–Crippen MR) is 175 cm³/mol. The molecule has 5 rings (SSSR count). The molecule has 0 unspecified atom stereocenters. The topological polar surface area (TPSA) is 115 Å². The van der Waals surface area contributed by atoms with E-state index in [0.29, 0.717) is 16.5 Å². The van der Waals surface area contributed by atoms with Crippen LogP contribution in [0.15, 0.2) is 113 Å². The molecule has 5 aromatic rings. The van der Waals surface area contributed by atoms with E-state index in [2.05, 4.69) is 15.1 Å². The molecule has 0 aliphatic carbocycles. The Balaban J connectivity index is 1.68. The van der Waals surface area contributed by atoms with Crippen molar-refractivity contribution in [1.29, 1.82) is 0 Å². The van der Waals surface area contributed by atoms with Crippen LogP contribution in [0.2, 0.25) is 0 Å². The third kappa shape index (κ3) is 6.67. The van der Waals surface area contributed by atoms with Crippen LogP contribution in [0.1, 0.15) is 48.4 Å². The second kappa shape index (κ2) is 13.1. The molecule has 224 valence electrons. The van der Waals surface area contributed by atoms with E-state index >= 15 is 0 Å². The molecule has 0 aliphatic heterocycles. The number of carbonyl (C=O) groups is 4. The molecular weight excluding hydrogens is 570 g/mol. The molecular formula is C36H29N3O6. The van der Waals surface area contributed by atoms with Crippen LogP contribution in [0.5, 0.6) is 0 Å². The average Bonchev–Trinajstić information content (AvgIpc) is 3.05. The zero-order chi connectivity index (χ0) is 32.1. The van der Waals surface area contributed by atoms with Crippen LogP contribution >= 0.6 is 0 Å². The monoisotopic (exact) mass is 599 g/mol. The number of anilines is 3. The molecule has 0 N–H and O–H groups in total. The average molecular weight is 600 g/mol. The number of hydrogen-bond donors (Lipinski definition) is 0. The summed E-state index contributed by atoms with van der Waals surface area (Å²) in [6.07, 6.45) is 0. The lowest BCUT2D eigenvalue weighted by atomic mass is 9.94. The SMILES string of the molecule is CC(=O)O/N=C(/C)C(=O)c1ccc(N(c2ccccc2)c2ccc(C(=O)/C(C)=N\OC(C)=O)c3cc4ccccc4cc23)cc1. The number of nitrogens with zero attached hydrogens (tertiary/aromatic N) is 3. The van der Waals surface area contributed by atoms with Gasteiger partial charge in [-0.15, -0.1) is 0 Å². The van der Waals surface area contributed by atoms with E-state index in [9.17, 15) is 19.2 Å². The van der Waals surface area contributed by atoms with Gasteiger partial charge in [-0.25, -0.2) is 9.59 Å². The molecule has 0 aliphatic rings. The lowest BCUT2D eigenvalue weighted by Crippen LogP contribution is -2.15. The lowest BCUT2D eigenvalue weighted by Gasteiger charge is -2.27. The fourth-order valence-electron chi connectivity index (χ4n) is 4.93. The molecule has 9 nitrogen and oxygen atoms in total. The van der Waals surface area contributed by atoms with Gasteiger partial charge in [0.2, 0.25) is 11.6 Å². The Kier molecular flexibility index (Phi) is 8.90. The van der Waals surface area contributed by atoms with Gasteiger partial charge in [0.1, 0.15) is 11.4 Å². The zero-order valence-corrected chi connectivity index (χ0v) is 25.1. The Bertz CT molecular complexity index is 2010. The van der Waals surface area contributed by atoms with Gasteiger partial charge in [0.05, 0.1) is 5.69 Å². The van der Waals surface area contributed by atoms with Gasteiger partial charge in [-0.1, -0.05) is 52.8 Å². The first-order chi connectivity index (χ1) is 21.6. The third-order valence-corrected chi connectivity index (χ3v) is 7.03. The van der Waals surface area contributed by atoms with Crippen molar-refractivity contribution in [1.82, 2.24) is 0 Å². The van der Waals surface area contributed by atoms with E-state index in [1.54, 1.807) is 18.2 Å². The first-order valence-electron chi connectivity index (χ1n) is 14.1. The van der Waals surface area contributed by atoms with Crippen molar-refractivity contribution < 1.29 is 28.9 Å². The van der Waals surface area contributed by atoms with Crippen LogP contribution in [-0.4, -0.2) is 34.9 Å². The Morgan fingerprint density at radius 3 is 1.64 bits per heavy atom. The Hall–Kier alpha value is -5.96. The molecule has 0 spiro atoms. The quantitative estimate of drug-likeness (QED) is 0.0560. The fraction of sp³-hybridized carbons (Fsp3) is 0.111. The van der Waals surface area contributed by atoms with Crippen molar-refractivity contribution in [3.63, 3.8) is 0 Å². The highest BCUT2D eigenvalue weighted by Crippen LogP contribution is 2.41. The van der Waals surface area contributed by atoms with Gasteiger partial charge >= 0.3 is 11.9 Å². The first kappa shape index (κ1) is 30.5.